The van der Waals surface area contributed by atoms with Crippen molar-refractivity contribution in [3.05, 3.63) is 48.3 Å². The van der Waals surface area contributed by atoms with Crippen LogP contribution in [0.25, 0.3) is 5.69 Å². The summed E-state index contributed by atoms with van der Waals surface area (Å²) in [5.41, 5.74) is 1.17. The zero-order chi connectivity index (χ0) is 14.1. The van der Waals surface area contributed by atoms with E-state index < -0.39 is 12.2 Å². The third-order valence-electron chi connectivity index (χ3n) is 3.38. The van der Waals surface area contributed by atoms with Gasteiger partial charge in [-0.3, -0.25) is 4.79 Å². The van der Waals surface area contributed by atoms with Crippen LogP contribution >= 0.6 is 0 Å². The predicted molar refractivity (Wildman–Crippen MR) is 71.5 cm³/mol. The van der Waals surface area contributed by atoms with Gasteiger partial charge < -0.3 is 15.1 Å². The fourth-order valence-corrected chi connectivity index (χ4v) is 2.26. The highest BCUT2D eigenvalue weighted by Crippen LogP contribution is 2.14. The van der Waals surface area contributed by atoms with Gasteiger partial charge in [0.05, 0.1) is 17.9 Å². The number of aliphatic hydroxyl groups excluding tert-OH is 2. The molecular formula is C14H15N3O3. The number of para-hydroxylation sites is 1. The van der Waals surface area contributed by atoms with Crippen LogP contribution in [0.1, 0.15) is 10.5 Å². The average molecular weight is 273 g/mol. The number of hydrogen-bond donors (Lipinski definition) is 2. The second kappa shape index (κ2) is 5.07. The van der Waals surface area contributed by atoms with Crippen LogP contribution in [0.4, 0.5) is 0 Å². The molecule has 1 aromatic carbocycles. The minimum Gasteiger partial charge on any atom is -0.388 e. The fraction of sp³-hybridized carbons (Fsp3) is 0.286. The van der Waals surface area contributed by atoms with Gasteiger partial charge in [0.15, 0.2) is 5.69 Å². The normalized spacial score (nSPS) is 22.2. The molecule has 0 radical (unpaired) electrons. The van der Waals surface area contributed by atoms with E-state index in [1.807, 2.05) is 30.3 Å². The summed E-state index contributed by atoms with van der Waals surface area (Å²) >= 11 is 0. The van der Waals surface area contributed by atoms with Gasteiger partial charge in [0, 0.05) is 19.3 Å². The molecule has 1 saturated heterocycles. The minimum atomic E-state index is -0.879. The monoisotopic (exact) mass is 273 g/mol. The first-order valence-electron chi connectivity index (χ1n) is 6.41. The highest BCUT2D eigenvalue weighted by atomic mass is 16.3. The molecule has 2 aromatic rings. The van der Waals surface area contributed by atoms with E-state index in [4.69, 9.17) is 0 Å². The molecule has 1 aliphatic heterocycles. The van der Waals surface area contributed by atoms with E-state index in [1.54, 1.807) is 16.9 Å². The van der Waals surface area contributed by atoms with Crippen LogP contribution in [0, 0.1) is 0 Å². The molecule has 6 heteroatoms. The van der Waals surface area contributed by atoms with E-state index >= 15 is 0 Å². The highest BCUT2D eigenvalue weighted by Gasteiger charge is 2.33. The van der Waals surface area contributed by atoms with Crippen molar-refractivity contribution < 1.29 is 15.0 Å². The lowest BCUT2D eigenvalue weighted by Gasteiger charge is -2.13. The Morgan fingerprint density at radius 2 is 1.75 bits per heavy atom. The molecular weight excluding hydrogens is 258 g/mol. The molecule has 2 N–H and O–H groups in total. The number of nitrogens with zero attached hydrogens (tertiary/aromatic N) is 3. The summed E-state index contributed by atoms with van der Waals surface area (Å²) in [5.74, 6) is -0.282. The molecule has 20 heavy (non-hydrogen) atoms. The molecule has 0 saturated carbocycles. The van der Waals surface area contributed by atoms with Gasteiger partial charge in [-0.1, -0.05) is 18.2 Å². The molecule has 0 bridgehead atoms. The van der Waals surface area contributed by atoms with Crippen molar-refractivity contribution >= 4 is 5.91 Å². The quantitative estimate of drug-likeness (QED) is 0.810. The Bertz CT molecular complexity index is 601. The van der Waals surface area contributed by atoms with Gasteiger partial charge in [0.1, 0.15) is 0 Å². The Hall–Kier alpha value is -2.18. The van der Waals surface area contributed by atoms with Crippen molar-refractivity contribution in [1.82, 2.24) is 14.7 Å². The molecule has 104 valence electrons. The van der Waals surface area contributed by atoms with Crippen LogP contribution in [0.15, 0.2) is 42.6 Å². The summed E-state index contributed by atoms with van der Waals surface area (Å²) in [6.45, 7) is 0.274. The summed E-state index contributed by atoms with van der Waals surface area (Å²) < 4.78 is 1.62. The Kier molecular flexibility index (Phi) is 3.25. The van der Waals surface area contributed by atoms with E-state index in [2.05, 4.69) is 5.10 Å². The summed E-state index contributed by atoms with van der Waals surface area (Å²) in [7, 11) is 0. The van der Waals surface area contributed by atoms with E-state index in [0.717, 1.165) is 5.69 Å². The van der Waals surface area contributed by atoms with E-state index in [1.165, 1.54) is 4.90 Å². The Morgan fingerprint density at radius 1 is 1.10 bits per heavy atom. The maximum absolute atomic E-state index is 12.2. The standard InChI is InChI=1S/C14H15N3O3/c18-12-8-16(9-13(12)19)14(20)11-6-7-17(15-11)10-4-2-1-3-5-10/h1-7,12-13,18-19H,8-9H2. The maximum atomic E-state index is 12.2. The average Bonchev–Trinajstić information content (AvgIpc) is 3.07. The zero-order valence-corrected chi connectivity index (χ0v) is 10.8. The summed E-state index contributed by atoms with van der Waals surface area (Å²) in [4.78, 5) is 13.6. The number of likely N-dealkylation sites (tertiary alicyclic amines) is 1. The van der Waals surface area contributed by atoms with Crippen LogP contribution in [0.3, 0.4) is 0 Å². The van der Waals surface area contributed by atoms with Crippen LogP contribution in [0.2, 0.25) is 0 Å². The van der Waals surface area contributed by atoms with Crippen molar-refractivity contribution in [1.29, 1.82) is 0 Å². The van der Waals surface area contributed by atoms with E-state index in [-0.39, 0.29) is 19.0 Å². The number of aromatic nitrogens is 2. The largest absolute Gasteiger partial charge is 0.388 e. The van der Waals surface area contributed by atoms with Gasteiger partial charge in [-0.05, 0) is 18.2 Å². The molecule has 6 nitrogen and oxygen atoms in total. The van der Waals surface area contributed by atoms with Gasteiger partial charge in [0.25, 0.3) is 5.91 Å². The Labute approximate surface area is 115 Å². The van der Waals surface area contributed by atoms with Gasteiger partial charge in [-0.2, -0.15) is 5.10 Å². The maximum Gasteiger partial charge on any atom is 0.274 e. The molecule has 0 spiro atoms. The second-order valence-corrected chi connectivity index (χ2v) is 4.83. The third kappa shape index (κ3) is 2.31. The lowest BCUT2D eigenvalue weighted by Crippen LogP contribution is -2.30. The second-order valence-electron chi connectivity index (χ2n) is 4.83. The van der Waals surface area contributed by atoms with Crippen LogP contribution in [0.5, 0.6) is 0 Å². The number of aliphatic hydroxyl groups is 2. The van der Waals surface area contributed by atoms with Gasteiger partial charge in [-0.25, -0.2) is 4.68 Å². The molecule has 1 fully saturated rings. The van der Waals surface area contributed by atoms with Crippen molar-refractivity contribution in [3.63, 3.8) is 0 Å². The molecule has 0 aliphatic carbocycles. The molecule has 3 rings (SSSR count). The molecule has 2 atom stereocenters. The molecule has 1 aromatic heterocycles. The van der Waals surface area contributed by atoms with Crippen molar-refractivity contribution in [2.75, 3.05) is 13.1 Å². The van der Waals surface area contributed by atoms with Gasteiger partial charge in [-0.15, -0.1) is 0 Å². The van der Waals surface area contributed by atoms with Crippen molar-refractivity contribution in [3.8, 4) is 5.69 Å². The number of β-amino-alcohol motifs (C(OH)–C–C–N with tert-alkyl or cyclic N) is 2. The lowest BCUT2D eigenvalue weighted by molar-refractivity contribution is 0.0572. The highest BCUT2D eigenvalue weighted by molar-refractivity contribution is 5.92. The minimum absolute atomic E-state index is 0.137. The van der Waals surface area contributed by atoms with Crippen molar-refractivity contribution in [2.24, 2.45) is 0 Å². The summed E-state index contributed by atoms with van der Waals surface area (Å²) in [6, 6.07) is 11.1. The first-order valence-corrected chi connectivity index (χ1v) is 6.41. The van der Waals surface area contributed by atoms with E-state index in [9.17, 15) is 15.0 Å². The number of rotatable bonds is 2. The third-order valence-corrected chi connectivity index (χ3v) is 3.38. The Morgan fingerprint density at radius 3 is 2.40 bits per heavy atom. The molecule has 1 aliphatic rings. The van der Waals surface area contributed by atoms with Crippen LogP contribution < -0.4 is 0 Å². The topological polar surface area (TPSA) is 78.6 Å². The first-order chi connectivity index (χ1) is 9.65. The number of carbonyl (C=O) groups is 1. The van der Waals surface area contributed by atoms with Gasteiger partial charge in [0.2, 0.25) is 0 Å². The zero-order valence-electron chi connectivity index (χ0n) is 10.8. The van der Waals surface area contributed by atoms with Crippen LogP contribution in [-0.2, 0) is 0 Å². The fourth-order valence-electron chi connectivity index (χ4n) is 2.26. The molecule has 1 amide bonds. The number of hydrogen-bond acceptors (Lipinski definition) is 4. The van der Waals surface area contributed by atoms with Crippen LogP contribution in [-0.4, -0.2) is 56.1 Å². The predicted octanol–water partition coefficient (Wildman–Crippen LogP) is 0.0499. The summed E-state index contributed by atoms with van der Waals surface area (Å²) in [6.07, 6.45) is -0.0452. The summed E-state index contributed by atoms with van der Waals surface area (Å²) in [5, 5.41) is 23.2. The molecule has 2 heterocycles. The molecule has 2 unspecified atom stereocenters. The number of amides is 1. The SMILES string of the molecule is O=C(c1ccn(-c2ccccc2)n1)N1CC(O)C(O)C1. The van der Waals surface area contributed by atoms with E-state index in [0.29, 0.717) is 5.69 Å². The Balaban J connectivity index is 1.79. The number of carbonyl (C=O) groups excluding carboxylic acids is 1. The van der Waals surface area contributed by atoms with Gasteiger partial charge >= 0.3 is 0 Å². The number of benzene rings is 1. The smallest absolute Gasteiger partial charge is 0.274 e. The lowest BCUT2D eigenvalue weighted by atomic mass is 10.3. The first kappa shape index (κ1) is 12.8. The van der Waals surface area contributed by atoms with Crippen molar-refractivity contribution in [2.45, 2.75) is 12.2 Å².